The molecule has 0 atom stereocenters. The normalized spacial score (nSPS) is 11.2. The lowest BCUT2D eigenvalue weighted by Crippen LogP contribution is -2.24. The van der Waals surface area contributed by atoms with Crippen LogP contribution in [0.2, 0.25) is 0 Å². The fourth-order valence-electron chi connectivity index (χ4n) is 2.38. The Morgan fingerprint density at radius 3 is 2.25 bits per heavy atom. The van der Waals surface area contributed by atoms with E-state index in [9.17, 15) is 9.59 Å². The molecule has 0 aliphatic heterocycles. The van der Waals surface area contributed by atoms with Gasteiger partial charge in [0, 0.05) is 5.69 Å². The number of benzene rings is 1. The Morgan fingerprint density at radius 1 is 1.04 bits per heavy atom. The Labute approximate surface area is 142 Å². The van der Waals surface area contributed by atoms with Crippen molar-refractivity contribution in [3.8, 4) is 0 Å². The third-order valence-electron chi connectivity index (χ3n) is 3.46. The highest BCUT2D eigenvalue weighted by Crippen LogP contribution is 2.22. The van der Waals surface area contributed by atoms with Crippen LogP contribution in [-0.4, -0.2) is 22.5 Å². The third-order valence-corrected chi connectivity index (χ3v) is 3.46. The van der Waals surface area contributed by atoms with E-state index in [1.807, 2.05) is 30.3 Å². The molecule has 0 unspecified atom stereocenters. The molecule has 0 saturated heterocycles. The zero-order valence-electron chi connectivity index (χ0n) is 14.7. The second kappa shape index (κ2) is 6.91. The molecule has 0 spiro atoms. The van der Waals surface area contributed by atoms with Gasteiger partial charge in [-0.2, -0.15) is 0 Å². The fraction of sp³-hybridized carbons (Fsp3) is 0.368. The van der Waals surface area contributed by atoms with Gasteiger partial charge in [-0.1, -0.05) is 30.3 Å². The lowest BCUT2D eigenvalue weighted by Gasteiger charge is -2.19. The van der Waals surface area contributed by atoms with Crippen LogP contribution in [-0.2, 0) is 16.1 Å². The molecule has 0 aliphatic carbocycles. The zero-order chi connectivity index (χ0) is 17.9. The molecule has 128 valence electrons. The van der Waals surface area contributed by atoms with Gasteiger partial charge in [-0.15, -0.1) is 0 Å². The largest absolute Gasteiger partial charge is 0.456 e. The summed E-state index contributed by atoms with van der Waals surface area (Å²) in [5.41, 5.74) is 2.11. The molecule has 2 rings (SSSR count). The number of aryl methyl sites for hydroxylation is 1. The second-order valence-electron chi connectivity index (χ2n) is 6.69. The molecule has 24 heavy (non-hydrogen) atoms. The van der Waals surface area contributed by atoms with Gasteiger partial charge in [0.2, 0.25) is 0 Å². The Bertz CT molecular complexity index is 739. The first-order chi connectivity index (χ1) is 11.2. The van der Waals surface area contributed by atoms with E-state index in [1.54, 1.807) is 34.6 Å². The van der Waals surface area contributed by atoms with Crippen molar-refractivity contribution < 1.29 is 19.1 Å². The average molecular weight is 329 g/mol. The van der Waals surface area contributed by atoms with E-state index in [4.69, 9.17) is 9.47 Å². The Balaban J connectivity index is 2.15. The summed E-state index contributed by atoms with van der Waals surface area (Å²) < 4.78 is 10.7. The summed E-state index contributed by atoms with van der Waals surface area (Å²) >= 11 is 0. The molecule has 0 aliphatic rings. The van der Waals surface area contributed by atoms with Crippen molar-refractivity contribution in [2.24, 2.45) is 0 Å². The SMILES string of the molecule is Cc1[nH]c(C(=O)OCc2ccccc2)c(C)c1C(=O)OC(C)(C)C. The first-order valence-corrected chi connectivity index (χ1v) is 7.82. The van der Waals surface area contributed by atoms with E-state index in [0.717, 1.165) is 5.56 Å². The minimum atomic E-state index is -0.596. The van der Waals surface area contributed by atoms with Crippen LogP contribution in [0.5, 0.6) is 0 Å². The molecule has 0 bridgehead atoms. The molecule has 1 aromatic carbocycles. The molecule has 0 radical (unpaired) electrons. The Morgan fingerprint density at radius 2 is 1.67 bits per heavy atom. The molecule has 0 fully saturated rings. The summed E-state index contributed by atoms with van der Waals surface area (Å²) in [4.78, 5) is 27.6. The van der Waals surface area contributed by atoms with Gasteiger partial charge in [-0.3, -0.25) is 0 Å². The maximum Gasteiger partial charge on any atom is 0.355 e. The lowest BCUT2D eigenvalue weighted by molar-refractivity contribution is 0.00682. The number of aromatic nitrogens is 1. The highest BCUT2D eigenvalue weighted by molar-refractivity contribution is 5.98. The van der Waals surface area contributed by atoms with Crippen molar-refractivity contribution in [3.05, 3.63) is 58.4 Å². The summed E-state index contributed by atoms with van der Waals surface area (Å²) in [7, 11) is 0. The van der Waals surface area contributed by atoms with Gasteiger partial charge in [0.25, 0.3) is 0 Å². The molecular formula is C19H23NO4. The van der Waals surface area contributed by atoms with Crippen LogP contribution in [0.15, 0.2) is 30.3 Å². The van der Waals surface area contributed by atoms with Crippen molar-refractivity contribution in [2.45, 2.75) is 46.8 Å². The molecule has 1 N–H and O–H groups in total. The van der Waals surface area contributed by atoms with Crippen molar-refractivity contribution in [1.82, 2.24) is 4.98 Å². The van der Waals surface area contributed by atoms with Crippen LogP contribution >= 0.6 is 0 Å². The van der Waals surface area contributed by atoms with E-state index >= 15 is 0 Å². The van der Waals surface area contributed by atoms with Gasteiger partial charge in [0.15, 0.2) is 0 Å². The quantitative estimate of drug-likeness (QED) is 0.863. The lowest BCUT2D eigenvalue weighted by atomic mass is 10.1. The molecule has 1 heterocycles. The van der Waals surface area contributed by atoms with E-state index in [0.29, 0.717) is 16.8 Å². The summed E-state index contributed by atoms with van der Waals surface area (Å²) in [5.74, 6) is -0.940. The van der Waals surface area contributed by atoms with Gasteiger partial charge in [0.1, 0.15) is 17.9 Å². The monoisotopic (exact) mass is 329 g/mol. The minimum Gasteiger partial charge on any atom is -0.456 e. The maximum absolute atomic E-state index is 12.3. The smallest absolute Gasteiger partial charge is 0.355 e. The maximum atomic E-state index is 12.3. The van der Waals surface area contributed by atoms with Crippen LogP contribution in [0, 0.1) is 13.8 Å². The number of carbonyl (C=O) groups is 2. The van der Waals surface area contributed by atoms with Crippen LogP contribution in [0.1, 0.15) is 58.4 Å². The molecule has 2 aromatic rings. The molecule has 1 aromatic heterocycles. The molecule has 5 nitrogen and oxygen atoms in total. The number of aromatic amines is 1. The van der Waals surface area contributed by atoms with Crippen molar-refractivity contribution in [1.29, 1.82) is 0 Å². The minimum absolute atomic E-state index is 0.180. The number of nitrogens with one attached hydrogen (secondary N) is 1. The fourth-order valence-corrected chi connectivity index (χ4v) is 2.38. The summed E-state index contributed by atoms with van der Waals surface area (Å²) in [6, 6.07) is 9.43. The Kier molecular flexibility index (Phi) is 5.12. The summed E-state index contributed by atoms with van der Waals surface area (Å²) in [6.45, 7) is 9.03. The highest BCUT2D eigenvalue weighted by Gasteiger charge is 2.26. The predicted octanol–water partition coefficient (Wildman–Crippen LogP) is 3.94. The van der Waals surface area contributed by atoms with Gasteiger partial charge in [-0.05, 0) is 45.7 Å². The standard InChI is InChI=1S/C19H23NO4/c1-12-15(17(21)24-19(3,4)5)13(2)20-16(12)18(22)23-11-14-9-7-6-8-10-14/h6-10,20H,11H2,1-5H3. The number of esters is 2. The third kappa shape index (κ3) is 4.25. The topological polar surface area (TPSA) is 68.4 Å². The number of carbonyl (C=O) groups excluding carboxylic acids is 2. The molecule has 5 heteroatoms. The van der Waals surface area contributed by atoms with Crippen molar-refractivity contribution in [3.63, 3.8) is 0 Å². The molecule has 0 amide bonds. The Hall–Kier alpha value is -2.56. The molecule has 0 saturated carbocycles. The van der Waals surface area contributed by atoms with Crippen LogP contribution < -0.4 is 0 Å². The number of H-pyrrole nitrogens is 1. The van der Waals surface area contributed by atoms with Gasteiger partial charge in [0.05, 0.1) is 5.56 Å². The predicted molar refractivity (Wildman–Crippen MR) is 91.0 cm³/mol. The van der Waals surface area contributed by atoms with Crippen LogP contribution in [0.25, 0.3) is 0 Å². The first kappa shape index (κ1) is 17.8. The van der Waals surface area contributed by atoms with Crippen LogP contribution in [0.4, 0.5) is 0 Å². The molecular weight excluding hydrogens is 306 g/mol. The van der Waals surface area contributed by atoms with E-state index in [-0.39, 0.29) is 12.3 Å². The summed E-state index contributed by atoms with van der Waals surface area (Å²) in [6.07, 6.45) is 0. The second-order valence-corrected chi connectivity index (χ2v) is 6.69. The van der Waals surface area contributed by atoms with E-state index in [1.165, 1.54) is 0 Å². The zero-order valence-corrected chi connectivity index (χ0v) is 14.7. The number of hydrogen-bond donors (Lipinski definition) is 1. The van der Waals surface area contributed by atoms with E-state index in [2.05, 4.69) is 4.98 Å². The number of rotatable bonds is 4. The first-order valence-electron chi connectivity index (χ1n) is 7.82. The number of hydrogen-bond acceptors (Lipinski definition) is 4. The van der Waals surface area contributed by atoms with Gasteiger partial charge < -0.3 is 14.5 Å². The van der Waals surface area contributed by atoms with Crippen molar-refractivity contribution >= 4 is 11.9 Å². The van der Waals surface area contributed by atoms with E-state index < -0.39 is 17.5 Å². The average Bonchev–Trinajstić information content (AvgIpc) is 2.79. The van der Waals surface area contributed by atoms with Crippen molar-refractivity contribution in [2.75, 3.05) is 0 Å². The summed E-state index contributed by atoms with van der Waals surface area (Å²) in [5, 5.41) is 0. The van der Waals surface area contributed by atoms with Gasteiger partial charge in [-0.25, -0.2) is 9.59 Å². The van der Waals surface area contributed by atoms with Gasteiger partial charge >= 0.3 is 11.9 Å². The highest BCUT2D eigenvalue weighted by atomic mass is 16.6. The van der Waals surface area contributed by atoms with Crippen LogP contribution in [0.3, 0.4) is 0 Å². The number of ether oxygens (including phenoxy) is 2.